The smallest absolute Gasteiger partial charge is 0.240 e. The van der Waals surface area contributed by atoms with Crippen molar-refractivity contribution < 1.29 is 4.79 Å². The molecule has 0 aliphatic rings. The van der Waals surface area contributed by atoms with Gasteiger partial charge in [0, 0.05) is 42.2 Å². The normalized spacial score (nSPS) is 11.5. The number of hydrogen-bond acceptors (Lipinski definition) is 3. The zero-order chi connectivity index (χ0) is 19.5. The van der Waals surface area contributed by atoms with Crippen LogP contribution < -0.4 is 5.43 Å². The Balaban J connectivity index is 1.39. The Hall–Kier alpha value is -3.47. The number of hydrazone groups is 1. The molecule has 0 aliphatic carbocycles. The summed E-state index contributed by atoms with van der Waals surface area (Å²) in [5.41, 5.74) is 7.99. The molecule has 28 heavy (non-hydrogen) atoms. The fraction of sp³-hybridized carbons (Fsp3) is 0.174. The van der Waals surface area contributed by atoms with Gasteiger partial charge in [0.2, 0.25) is 5.91 Å². The first-order valence-electron chi connectivity index (χ1n) is 9.32. The Labute approximate surface area is 163 Å². The molecule has 140 valence electrons. The van der Waals surface area contributed by atoms with E-state index >= 15 is 0 Å². The number of pyridine rings is 1. The average Bonchev–Trinajstić information content (AvgIpc) is 3.03. The maximum atomic E-state index is 12.2. The lowest BCUT2D eigenvalue weighted by Crippen LogP contribution is -2.17. The molecule has 2 heterocycles. The highest BCUT2D eigenvalue weighted by Gasteiger charge is 2.08. The predicted molar refractivity (Wildman–Crippen MR) is 113 cm³/mol. The monoisotopic (exact) mass is 370 g/mol. The Morgan fingerprint density at radius 2 is 2.07 bits per heavy atom. The van der Waals surface area contributed by atoms with Crippen LogP contribution in [-0.4, -0.2) is 21.7 Å². The van der Waals surface area contributed by atoms with Gasteiger partial charge in [-0.2, -0.15) is 5.10 Å². The van der Waals surface area contributed by atoms with Gasteiger partial charge < -0.3 is 4.57 Å². The van der Waals surface area contributed by atoms with Crippen molar-refractivity contribution >= 4 is 33.9 Å². The number of para-hydroxylation sites is 1. The van der Waals surface area contributed by atoms with Crippen molar-refractivity contribution in [2.45, 2.75) is 19.8 Å². The van der Waals surface area contributed by atoms with Crippen LogP contribution >= 0.6 is 0 Å². The van der Waals surface area contributed by atoms with E-state index < -0.39 is 0 Å². The van der Waals surface area contributed by atoms with Crippen LogP contribution in [-0.2, 0) is 18.3 Å². The second-order valence-electron chi connectivity index (χ2n) is 6.99. The number of aryl methyl sites for hydroxylation is 3. The first kappa shape index (κ1) is 17.9. The highest BCUT2D eigenvalue weighted by Crippen LogP contribution is 2.21. The van der Waals surface area contributed by atoms with Crippen molar-refractivity contribution in [1.29, 1.82) is 0 Å². The molecule has 1 amide bonds. The van der Waals surface area contributed by atoms with Gasteiger partial charge >= 0.3 is 0 Å². The number of carbonyl (C=O) groups excluding carboxylic acids is 1. The number of carbonyl (C=O) groups is 1. The van der Waals surface area contributed by atoms with Gasteiger partial charge in [0.05, 0.1) is 11.7 Å². The van der Waals surface area contributed by atoms with Crippen LogP contribution in [0.5, 0.6) is 0 Å². The Morgan fingerprint density at radius 3 is 2.96 bits per heavy atom. The number of nitrogens with one attached hydrogen (secondary N) is 1. The summed E-state index contributed by atoms with van der Waals surface area (Å²) in [6.07, 6.45) is 6.64. The SMILES string of the molecule is Cc1cc(C=NNC(=O)CCc2cn(C)c3ccccc23)cc2cccnc12. The third kappa shape index (κ3) is 3.64. The van der Waals surface area contributed by atoms with E-state index in [-0.39, 0.29) is 5.91 Å². The molecule has 5 heteroatoms. The van der Waals surface area contributed by atoms with Crippen molar-refractivity contribution in [2.75, 3.05) is 0 Å². The first-order valence-corrected chi connectivity index (χ1v) is 9.32. The second-order valence-corrected chi connectivity index (χ2v) is 6.99. The van der Waals surface area contributed by atoms with Gasteiger partial charge in [0.25, 0.3) is 0 Å². The van der Waals surface area contributed by atoms with E-state index in [1.54, 1.807) is 12.4 Å². The molecule has 4 aromatic rings. The van der Waals surface area contributed by atoms with Gasteiger partial charge in [-0.3, -0.25) is 9.78 Å². The fourth-order valence-corrected chi connectivity index (χ4v) is 3.59. The molecule has 0 atom stereocenters. The van der Waals surface area contributed by atoms with E-state index in [2.05, 4.69) is 38.4 Å². The van der Waals surface area contributed by atoms with Crippen LogP contribution in [0.2, 0.25) is 0 Å². The summed E-state index contributed by atoms with van der Waals surface area (Å²) in [6.45, 7) is 2.02. The summed E-state index contributed by atoms with van der Waals surface area (Å²) < 4.78 is 2.09. The minimum Gasteiger partial charge on any atom is -0.350 e. The summed E-state index contributed by atoms with van der Waals surface area (Å²) in [4.78, 5) is 16.6. The van der Waals surface area contributed by atoms with E-state index in [0.717, 1.165) is 22.0 Å². The lowest BCUT2D eigenvalue weighted by molar-refractivity contribution is -0.121. The highest BCUT2D eigenvalue weighted by molar-refractivity contribution is 5.91. The maximum Gasteiger partial charge on any atom is 0.240 e. The molecule has 4 rings (SSSR count). The number of rotatable bonds is 5. The molecule has 0 radical (unpaired) electrons. The molecular weight excluding hydrogens is 348 g/mol. The average molecular weight is 370 g/mol. The van der Waals surface area contributed by atoms with Gasteiger partial charge in [-0.1, -0.05) is 24.3 Å². The molecular formula is C23H22N4O. The quantitative estimate of drug-likeness (QED) is 0.424. The van der Waals surface area contributed by atoms with Crippen molar-refractivity contribution in [2.24, 2.45) is 12.1 Å². The molecule has 0 aliphatic heterocycles. The van der Waals surface area contributed by atoms with Crippen molar-refractivity contribution in [3.63, 3.8) is 0 Å². The lowest BCUT2D eigenvalue weighted by Gasteiger charge is -2.03. The molecule has 0 saturated heterocycles. The lowest BCUT2D eigenvalue weighted by atomic mass is 10.1. The molecule has 0 bridgehead atoms. The predicted octanol–water partition coefficient (Wildman–Crippen LogP) is 4.12. The standard InChI is InChI=1S/C23H22N4O/c1-16-12-17(13-18-6-5-11-24-23(16)18)14-25-26-22(28)10-9-19-15-27(2)21-8-4-3-7-20(19)21/h3-8,11-15H,9-10H2,1-2H3,(H,26,28). The van der Waals surface area contributed by atoms with Gasteiger partial charge in [-0.15, -0.1) is 0 Å². The maximum absolute atomic E-state index is 12.2. The zero-order valence-corrected chi connectivity index (χ0v) is 16.0. The van der Waals surface area contributed by atoms with Crippen LogP contribution in [0.1, 0.15) is 23.1 Å². The molecule has 5 nitrogen and oxygen atoms in total. The number of hydrogen-bond donors (Lipinski definition) is 1. The van der Waals surface area contributed by atoms with Crippen molar-refractivity contribution in [3.8, 4) is 0 Å². The third-order valence-corrected chi connectivity index (χ3v) is 4.92. The molecule has 2 aromatic carbocycles. The minimum absolute atomic E-state index is 0.0941. The molecule has 0 unspecified atom stereocenters. The van der Waals surface area contributed by atoms with Crippen molar-refractivity contribution in [3.05, 3.63) is 77.6 Å². The number of benzene rings is 2. The third-order valence-electron chi connectivity index (χ3n) is 4.92. The number of amides is 1. The van der Waals surface area contributed by atoms with E-state index in [1.807, 2.05) is 50.4 Å². The van der Waals surface area contributed by atoms with Gasteiger partial charge in [-0.05, 0) is 54.3 Å². The van der Waals surface area contributed by atoms with Crippen LogP contribution in [0.4, 0.5) is 0 Å². The van der Waals surface area contributed by atoms with Gasteiger partial charge in [0.1, 0.15) is 0 Å². The zero-order valence-electron chi connectivity index (χ0n) is 16.0. The van der Waals surface area contributed by atoms with E-state index in [0.29, 0.717) is 12.8 Å². The van der Waals surface area contributed by atoms with Crippen LogP contribution in [0, 0.1) is 6.92 Å². The van der Waals surface area contributed by atoms with Crippen molar-refractivity contribution in [1.82, 2.24) is 15.0 Å². The summed E-state index contributed by atoms with van der Waals surface area (Å²) in [5.74, 6) is -0.0941. The second kappa shape index (κ2) is 7.64. The van der Waals surface area contributed by atoms with Crippen LogP contribution in [0.3, 0.4) is 0 Å². The van der Waals surface area contributed by atoms with E-state index in [9.17, 15) is 4.79 Å². The summed E-state index contributed by atoms with van der Waals surface area (Å²) in [5, 5.41) is 6.38. The molecule has 1 N–H and O–H groups in total. The Kier molecular flexibility index (Phi) is 4.89. The molecule has 0 fully saturated rings. The van der Waals surface area contributed by atoms with Gasteiger partial charge in [-0.25, -0.2) is 5.43 Å². The molecule has 0 spiro atoms. The van der Waals surface area contributed by atoms with Gasteiger partial charge in [0.15, 0.2) is 0 Å². The number of fused-ring (bicyclic) bond motifs is 2. The van der Waals surface area contributed by atoms with E-state index in [4.69, 9.17) is 0 Å². The molecule has 0 saturated carbocycles. The van der Waals surface area contributed by atoms with E-state index in [1.165, 1.54) is 16.5 Å². The van der Waals surface area contributed by atoms with Crippen LogP contribution in [0.15, 0.2) is 66.0 Å². The molecule has 2 aromatic heterocycles. The topological polar surface area (TPSA) is 59.3 Å². The highest BCUT2D eigenvalue weighted by atomic mass is 16.2. The summed E-state index contributed by atoms with van der Waals surface area (Å²) in [6, 6.07) is 16.2. The largest absolute Gasteiger partial charge is 0.350 e. The Bertz CT molecular complexity index is 1190. The first-order chi connectivity index (χ1) is 13.6. The number of aromatic nitrogens is 2. The summed E-state index contributed by atoms with van der Waals surface area (Å²) >= 11 is 0. The summed E-state index contributed by atoms with van der Waals surface area (Å²) in [7, 11) is 2.03. The Morgan fingerprint density at radius 1 is 1.21 bits per heavy atom. The van der Waals surface area contributed by atoms with Crippen LogP contribution in [0.25, 0.3) is 21.8 Å². The number of nitrogens with zero attached hydrogens (tertiary/aromatic N) is 3. The fourth-order valence-electron chi connectivity index (χ4n) is 3.59. The minimum atomic E-state index is -0.0941.